The number of rotatable bonds is 5. The van der Waals surface area contributed by atoms with Crippen molar-refractivity contribution in [1.82, 2.24) is 4.90 Å². The van der Waals surface area contributed by atoms with Gasteiger partial charge in [0.15, 0.2) is 0 Å². The number of oxime groups is 1. The first-order chi connectivity index (χ1) is 6.51. The Morgan fingerprint density at radius 3 is 2.50 bits per heavy atom. The van der Waals surface area contributed by atoms with E-state index in [1.54, 1.807) is 4.90 Å². The van der Waals surface area contributed by atoms with Crippen molar-refractivity contribution in [3.8, 4) is 0 Å². The molecular weight excluding hydrogens is 182 g/mol. The van der Waals surface area contributed by atoms with Gasteiger partial charge in [0.2, 0.25) is 5.91 Å². The summed E-state index contributed by atoms with van der Waals surface area (Å²) in [7, 11) is 0. The second-order valence-electron chi connectivity index (χ2n) is 3.59. The Hall–Kier alpha value is -1.26. The molecule has 0 rings (SSSR count). The van der Waals surface area contributed by atoms with Crippen LogP contribution >= 0.6 is 0 Å². The van der Waals surface area contributed by atoms with Crippen LogP contribution in [0.1, 0.15) is 27.2 Å². The fraction of sp³-hybridized carbons (Fsp3) is 0.778. The summed E-state index contributed by atoms with van der Waals surface area (Å²) >= 11 is 0. The number of hydrogen-bond acceptors (Lipinski definition) is 3. The van der Waals surface area contributed by atoms with Gasteiger partial charge < -0.3 is 15.8 Å². The highest BCUT2D eigenvalue weighted by Crippen LogP contribution is 2.01. The van der Waals surface area contributed by atoms with Crippen molar-refractivity contribution in [2.24, 2.45) is 16.8 Å². The molecule has 82 valence electrons. The fourth-order valence-electron chi connectivity index (χ4n) is 1.15. The third kappa shape index (κ3) is 4.69. The van der Waals surface area contributed by atoms with Gasteiger partial charge in [-0.3, -0.25) is 4.79 Å². The van der Waals surface area contributed by atoms with Gasteiger partial charge in [-0.15, -0.1) is 0 Å². The molecule has 0 saturated carbocycles. The van der Waals surface area contributed by atoms with Crippen LogP contribution in [0, 0.1) is 5.92 Å². The lowest BCUT2D eigenvalue weighted by Gasteiger charge is -2.22. The van der Waals surface area contributed by atoms with Crippen LogP contribution in [0.2, 0.25) is 0 Å². The van der Waals surface area contributed by atoms with E-state index >= 15 is 0 Å². The first kappa shape index (κ1) is 12.7. The van der Waals surface area contributed by atoms with Gasteiger partial charge in [-0.2, -0.15) is 0 Å². The molecule has 0 aromatic carbocycles. The first-order valence-electron chi connectivity index (χ1n) is 4.75. The molecule has 1 amide bonds. The molecule has 3 N–H and O–H groups in total. The van der Waals surface area contributed by atoms with Gasteiger partial charge in [-0.1, -0.05) is 19.0 Å². The molecule has 0 atom stereocenters. The van der Waals surface area contributed by atoms with E-state index in [0.29, 0.717) is 19.0 Å². The second kappa shape index (κ2) is 6.23. The molecule has 0 aromatic rings. The van der Waals surface area contributed by atoms with Crippen LogP contribution < -0.4 is 5.73 Å². The van der Waals surface area contributed by atoms with E-state index in [1.165, 1.54) is 0 Å². The monoisotopic (exact) mass is 201 g/mol. The largest absolute Gasteiger partial charge is 0.409 e. The van der Waals surface area contributed by atoms with Crippen molar-refractivity contribution in [3.05, 3.63) is 0 Å². The van der Waals surface area contributed by atoms with Crippen LogP contribution in [0.25, 0.3) is 0 Å². The zero-order valence-electron chi connectivity index (χ0n) is 9.03. The molecule has 0 saturated heterocycles. The van der Waals surface area contributed by atoms with Crippen molar-refractivity contribution >= 4 is 11.7 Å². The van der Waals surface area contributed by atoms with Crippen molar-refractivity contribution < 1.29 is 10.0 Å². The van der Waals surface area contributed by atoms with E-state index in [-0.39, 0.29) is 18.2 Å². The maximum Gasteiger partial charge on any atom is 0.230 e. The van der Waals surface area contributed by atoms with E-state index < -0.39 is 0 Å². The number of carbonyl (C=O) groups is 1. The average Bonchev–Trinajstić information content (AvgIpc) is 2.13. The predicted octanol–water partition coefficient (Wildman–Crippen LogP) is 0.627. The molecule has 0 aliphatic rings. The minimum absolute atomic E-state index is 0.0168. The van der Waals surface area contributed by atoms with Crippen LogP contribution in [0.15, 0.2) is 5.16 Å². The Kier molecular flexibility index (Phi) is 5.67. The number of hydrogen-bond donors (Lipinski definition) is 2. The highest BCUT2D eigenvalue weighted by atomic mass is 16.4. The Balaban J connectivity index is 4.18. The van der Waals surface area contributed by atoms with Crippen molar-refractivity contribution in [2.75, 3.05) is 13.1 Å². The van der Waals surface area contributed by atoms with Crippen molar-refractivity contribution in [1.29, 1.82) is 0 Å². The number of nitrogens with zero attached hydrogens (tertiary/aromatic N) is 2. The summed E-state index contributed by atoms with van der Waals surface area (Å²) in [5.74, 6) is 0.278. The van der Waals surface area contributed by atoms with Gasteiger partial charge in [0, 0.05) is 13.1 Å². The summed E-state index contributed by atoms with van der Waals surface area (Å²) in [5.41, 5.74) is 5.25. The topological polar surface area (TPSA) is 78.9 Å². The summed E-state index contributed by atoms with van der Waals surface area (Å²) in [4.78, 5) is 13.2. The third-order valence-electron chi connectivity index (χ3n) is 1.78. The van der Waals surface area contributed by atoms with Crippen LogP contribution in [0.5, 0.6) is 0 Å². The summed E-state index contributed by atoms with van der Waals surface area (Å²) in [6.07, 6.45) is -0.0168. The highest BCUT2D eigenvalue weighted by molar-refractivity contribution is 5.98. The molecule has 14 heavy (non-hydrogen) atoms. The maximum absolute atomic E-state index is 11.5. The van der Waals surface area contributed by atoms with E-state index in [9.17, 15) is 4.79 Å². The predicted molar refractivity (Wildman–Crippen MR) is 55.1 cm³/mol. The van der Waals surface area contributed by atoms with Crippen LogP contribution in [0.3, 0.4) is 0 Å². The Morgan fingerprint density at radius 1 is 1.57 bits per heavy atom. The lowest BCUT2D eigenvalue weighted by atomic mass is 10.2. The lowest BCUT2D eigenvalue weighted by molar-refractivity contribution is -0.130. The Bertz CT molecular complexity index is 214. The molecule has 0 aromatic heterocycles. The minimum atomic E-state index is -0.100. The van der Waals surface area contributed by atoms with Crippen molar-refractivity contribution in [3.63, 3.8) is 0 Å². The van der Waals surface area contributed by atoms with Crippen LogP contribution in [-0.2, 0) is 4.79 Å². The van der Waals surface area contributed by atoms with Gasteiger partial charge in [-0.05, 0) is 12.8 Å². The second-order valence-corrected chi connectivity index (χ2v) is 3.59. The molecule has 0 aliphatic heterocycles. The van der Waals surface area contributed by atoms with E-state index in [4.69, 9.17) is 10.9 Å². The first-order valence-corrected chi connectivity index (χ1v) is 4.75. The summed E-state index contributed by atoms with van der Waals surface area (Å²) in [6, 6.07) is 0. The average molecular weight is 201 g/mol. The van der Waals surface area contributed by atoms with Gasteiger partial charge in [0.1, 0.15) is 5.84 Å². The third-order valence-corrected chi connectivity index (χ3v) is 1.78. The summed E-state index contributed by atoms with van der Waals surface area (Å²) in [5, 5.41) is 11.1. The van der Waals surface area contributed by atoms with E-state index in [2.05, 4.69) is 5.16 Å². The molecular formula is C9H19N3O2. The number of amides is 1. The van der Waals surface area contributed by atoms with Gasteiger partial charge in [0.25, 0.3) is 0 Å². The minimum Gasteiger partial charge on any atom is -0.409 e. The van der Waals surface area contributed by atoms with Crippen LogP contribution in [-0.4, -0.2) is 34.9 Å². The molecule has 5 nitrogen and oxygen atoms in total. The number of amidine groups is 1. The Labute approximate surface area is 84.6 Å². The van der Waals surface area contributed by atoms with E-state index in [1.807, 2.05) is 20.8 Å². The summed E-state index contributed by atoms with van der Waals surface area (Å²) in [6.45, 7) is 7.34. The van der Waals surface area contributed by atoms with Gasteiger partial charge in [-0.25, -0.2) is 0 Å². The molecule has 0 spiro atoms. The molecule has 0 bridgehead atoms. The van der Waals surface area contributed by atoms with Gasteiger partial charge >= 0.3 is 0 Å². The Morgan fingerprint density at radius 2 is 2.14 bits per heavy atom. The number of nitrogens with two attached hydrogens (primary N) is 1. The van der Waals surface area contributed by atoms with E-state index in [0.717, 1.165) is 0 Å². The zero-order valence-corrected chi connectivity index (χ0v) is 9.03. The SMILES string of the molecule is CCN(CC(C)C)C(=O)C/C(N)=N/O. The quantitative estimate of drug-likeness (QED) is 0.296. The highest BCUT2D eigenvalue weighted by Gasteiger charge is 2.14. The fourth-order valence-corrected chi connectivity index (χ4v) is 1.15. The molecule has 0 aliphatic carbocycles. The van der Waals surface area contributed by atoms with Crippen LogP contribution in [0.4, 0.5) is 0 Å². The number of carbonyl (C=O) groups excluding carboxylic acids is 1. The molecule has 0 heterocycles. The lowest BCUT2D eigenvalue weighted by Crippen LogP contribution is -2.36. The molecule has 0 fully saturated rings. The molecule has 0 unspecified atom stereocenters. The smallest absolute Gasteiger partial charge is 0.230 e. The summed E-state index contributed by atoms with van der Waals surface area (Å²) < 4.78 is 0. The normalized spacial score (nSPS) is 11.9. The maximum atomic E-state index is 11.5. The standard InChI is InChI=1S/C9H19N3O2/c1-4-12(6-7(2)3)9(13)5-8(10)11-14/h7,14H,4-6H2,1-3H3,(H2,10,11). The molecule has 0 radical (unpaired) electrons. The van der Waals surface area contributed by atoms with Crippen molar-refractivity contribution in [2.45, 2.75) is 27.2 Å². The zero-order chi connectivity index (χ0) is 11.1. The molecule has 5 heteroatoms. The van der Waals surface area contributed by atoms with Gasteiger partial charge in [0.05, 0.1) is 6.42 Å².